The Morgan fingerprint density at radius 1 is 0.763 bits per heavy atom. The van der Waals surface area contributed by atoms with Gasteiger partial charge in [-0.1, -0.05) is 32.3 Å². The fourth-order valence-corrected chi connectivity index (χ4v) is 4.09. The minimum atomic E-state index is -0.435. The lowest BCUT2D eigenvalue weighted by Crippen LogP contribution is -2.08. The van der Waals surface area contributed by atoms with E-state index in [0.717, 1.165) is 24.2 Å². The summed E-state index contributed by atoms with van der Waals surface area (Å²) in [6.45, 7) is 2.86. The summed E-state index contributed by atoms with van der Waals surface area (Å²) >= 11 is 1.34. The normalized spacial score (nSPS) is 10.9. The summed E-state index contributed by atoms with van der Waals surface area (Å²) in [6, 6.07) is 24.5. The third-order valence-electron chi connectivity index (χ3n) is 5.58. The number of hydrogen-bond donors (Lipinski definition) is 0. The largest absolute Gasteiger partial charge is 0.494 e. The number of rotatable bonds is 12. The molecule has 0 bridgehead atoms. The predicted molar refractivity (Wildman–Crippen MR) is 150 cm³/mol. The highest BCUT2D eigenvalue weighted by molar-refractivity contribution is 7.12. The highest BCUT2D eigenvalue weighted by Gasteiger charge is 2.10. The zero-order valence-electron chi connectivity index (χ0n) is 21.2. The smallest absolute Gasteiger partial charge is 0.353 e. The molecule has 0 fully saturated rings. The van der Waals surface area contributed by atoms with Crippen molar-refractivity contribution in [2.24, 2.45) is 4.99 Å². The fraction of sp³-hybridized carbons (Fsp3) is 0.194. The van der Waals surface area contributed by atoms with Crippen molar-refractivity contribution in [3.63, 3.8) is 0 Å². The molecule has 0 N–H and O–H groups in total. The predicted octanol–water partition coefficient (Wildman–Crippen LogP) is 7.90. The molecule has 0 aliphatic carbocycles. The topological polar surface area (TPSA) is 74.2 Å². The van der Waals surface area contributed by atoms with E-state index < -0.39 is 5.97 Å². The first-order valence-corrected chi connectivity index (χ1v) is 13.4. The molecule has 1 aromatic heterocycles. The van der Waals surface area contributed by atoms with Crippen molar-refractivity contribution in [1.29, 1.82) is 0 Å². The highest BCUT2D eigenvalue weighted by atomic mass is 32.1. The second kappa shape index (κ2) is 13.9. The molecule has 0 radical (unpaired) electrons. The van der Waals surface area contributed by atoms with Crippen LogP contribution in [0.3, 0.4) is 0 Å². The van der Waals surface area contributed by atoms with E-state index >= 15 is 0 Å². The van der Waals surface area contributed by atoms with Gasteiger partial charge >= 0.3 is 11.9 Å². The maximum atomic E-state index is 12.5. The quantitative estimate of drug-likeness (QED) is 0.0810. The molecule has 38 heavy (non-hydrogen) atoms. The van der Waals surface area contributed by atoms with Crippen molar-refractivity contribution in [3.8, 4) is 17.2 Å². The standard InChI is InChI=1S/C31H29NO5S/c1-2-3-4-5-20-35-26-16-10-24(11-17-26)30(33)36-28-18-12-25(13-19-28)32-22-23-8-14-27(15-9-23)37-31(34)29-7-6-21-38-29/h6-19,21-22H,2-5,20H2,1H3. The minimum Gasteiger partial charge on any atom is -0.494 e. The third kappa shape index (κ3) is 8.15. The summed E-state index contributed by atoms with van der Waals surface area (Å²) in [5.41, 5.74) is 2.01. The monoisotopic (exact) mass is 527 g/mol. The zero-order valence-corrected chi connectivity index (χ0v) is 22.0. The summed E-state index contributed by atoms with van der Waals surface area (Å²) in [5, 5.41) is 1.83. The summed E-state index contributed by atoms with van der Waals surface area (Å²) < 4.78 is 16.6. The number of benzene rings is 3. The Hall–Kier alpha value is -4.23. The molecule has 0 spiro atoms. The Labute approximate surface area is 226 Å². The average Bonchev–Trinajstić information content (AvgIpc) is 3.49. The van der Waals surface area contributed by atoms with E-state index in [9.17, 15) is 9.59 Å². The molecule has 0 saturated heterocycles. The van der Waals surface area contributed by atoms with Gasteiger partial charge in [0.25, 0.3) is 0 Å². The minimum absolute atomic E-state index is 0.374. The van der Waals surface area contributed by atoms with Crippen LogP contribution in [-0.2, 0) is 0 Å². The second-order valence-corrected chi connectivity index (χ2v) is 9.46. The maximum Gasteiger partial charge on any atom is 0.353 e. The molecule has 3 aromatic carbocycles. The molecule has 4 aromatic rings. The van der Waals surface area contributed by atoms with Crippen LogP contribution in [0.1, 0.15) is 58.2 Å². The van der Waals surface area contributed by atoms with Crippen LogP contribution >= 0.6 is 11.3 Å². The van der Waals surface area contributed by atoms with Crippen molar-refractivity contribution in [3.05, 3.63) is 106 Å². The van der Waals surface area contributed by atoms with Gasteiger partial charge in [0.15, 0.2) is 0 Å². The van der Waals surface area contributed by atoms with Gasteiger partial charge in [0, 0.05) is 6.21 Å². The van der Waals surface area contributed by atoms with Gasteiger partial charge in [0.05, 0.1) is 17.9 Å². The van der Waals surface area contributed by atoms with Crippen molar-refractivity contribution < 1.29 is 23.8 Å². The van der Waals surface area contributed by atoms with E-state index in [-0.39, 0.29) is 5.97 Å². The van der Waals surface area contributed by atoms with Gasteiger partial charge in [-0.25, -0.2) is 9.59 Å². The zero-order chi connectivity index (χ0) is 26.6. The first kappa shape index (κ1) is 26.8. The molecule has 0 saturated carbocycles. The Morgan fingerprint density at radius 2 is 1.42 bits per heavy atom. The van der Waals surface area contributed by atoms with Gasteiger partial charge in [-0.2, -0.15) is 0 Å². The van der Waals surface area contributed by atoms with Crippen LogP contribution < -0.4 is 14.2 Å². The molecule has 4 rings (SSSR count). The van der Waals surface area contributed by atoms with Crippen molar-refractivity contribution in [1.82, 2.24) is 0 Å². The number of carbonyl (C=O) groups excluding carboxylic acids is 2. The molecular formula is C31H29NO5S. The van der Waals surface area contributed by atoms with Gasteiger partial charge in [-0.05, 0) is 96.2 Å². The van der Waals surface area contributed by atoms with Crippen molar-refractivity contribution >= 4 is 35.2 Å². The maximum absolute atomic E-state index is 12.5. The number of aliphatic imine (C=N–C) groups is 1. The SMILES string of the molecule is CCCCCCOc1ccc(C(=O)Oc2ccc(N=Cc3ccc(OC(=O)c4cccs4)cc3)cc2)cc1. The van der Waals surface area contributed by atoms with Gasteiger partial charge in [0.1, 0.15) is 22.1 Å². The lowest BCUT2D eigenvalue weighted by Gasteiger charge is -2.08. The Balaban J connectivity index is 1.25. The highest BCUT2D eigenvalue weighted by Crippen LogP contribution is 2.21. The number of carbonyl (C=O) groups is 2. The summed E-state index contributed by atoms with van der Waals surface area (Å²) in [4.78, 5) is 29.5. The number of unbranched alkanes of at least 4 members (excludes halogenated alkanes) is 3. The average molecular weight is 528 g/mol. The number of hydrogen-bond acceptors (Lipinski definition) is 7. The molecular weight excluding hydrogens is 498 g/mol. The van der Waals surface area contributed by atoms with Gasteiger partial charge in [0.2, 0.25) is 0 Å². The summed E-state index contributed by atoms with van der Waals surface area (Å²) in [7, 11) is 0. The summed E-state index contributed by atoms with van der Waals surface area (Å²) in [6.07, 6.45) is 6.30. The van der Waals surface area contributed by atoms with Crippen molar-refractivity contribution in [2.75, 3.05) is 6.61 Å². The van der Waals surface area contributed by atoms with E-state index in [2.05, 4.69) is 11.9 Å². The van der Waals surface area contributed by atoms with Gasteiger partial charge in [-0.3, -0.25) is 4.99 Å². The van der Waals surface area contributed by atoms with E-state index in [1.165, 1.54) is 24.2 Å². The van der Waals surface area contributed by atoms with Gasteiger partial charge < -0.3 is 14.2 Å². The van der Waals surface area contributed by atoms with Crippen molar-refractivity contribution in [2.45, 2.75) is 32.6 Å². The number of ether oxygens (including phenoxy) is 3. The molecule has 0 unspecified atom stereocenters. The first-order valence-electron chi connectivity index (χ1n) is 12.6. The van der Waals surface area contributed by atoms with Crippen LogP contribution in [0.2, 0.25) is 0 Å². The van der Waals surface area contributed by atoms with E-state index in [1.54, 1.807) is 72.9 Å². The van der Waals surface area contributed by atoms with Crippen LogP contribution in [0.5, 0.6) is 17.2 Å². The molecule has 0 atom stereocenters. The third-order valence-corrected chi connectivity index (χ3v) is 6.43. The second-order valence-electron chi connectivity index (χ2n) is 8.51. The molecule has 6 nitrogen and oxygen atoms in total. The van der Waals surface area contributed by atoms with Crippen LogP contribution in [0.25, 0.3) is 0 Å². The lowest BCUT2D eigenvalue weighted by molar-refractivity contribution is 0.0727. The molecule has 7 heteroatoms. The Kier molecular flexibility index (Phi) is 9.82. The van der Waals surface area contributed by atoms with Gasteiger partial charge in [-0.15, -0.1) is 11.3 Å². The number of nitrogens with zero attached hydrogens (tertiary/aromatic N) is 1. The van der Waals surface area contributed by atoms with E-state index in [4.69, 9.17) is 14.2 Å². The van der Waals surface area contributed by atoms with Crippen LogP contribution in [-0.4, -0.2) is 24.8 Å². The first-order chi connectivity index (χ1) is 18.6. The Morgan fingerprint density at radius 3 is 2.08 bits per heavy atom. The Bertz CT molecular complexity index is 1330. The van der Waals surface area contributed by atoms with Crippen LogP contribution in [0.4, 0.5) is 5.69 Å². The molecule has 194 valence electrons. The molecule has 1 heterocycles. The van der Waals surface area contributed by atoms with E-state index in [1.807, 2.05) is 23.6 Å². The van der Waals surface area contributed by atoms with Crippen LogP contribution in [0.15, 0.2) is 95.3 Å². The lowest BCUT2D eigenvalue weighted by atomic mass is 10.2. The number of thiophene rings is 1. The van der Waals surface area contributed by atoms with Crippen LogP contribution in [0, 0.1) is 0 Å². The molecule has 0 aliphatic rings. The summed E-state index contributed by atoms with van der Waals surface area (Å²) in [5.74, 6) is 0.838. The number of esters is 2. The molecule has 0 aliphatic heterocycles. The molecule has 0 amide bonds. The van der Waals surface area contributed by atoms with E-state index in [0.29, 0.717) is 34.2 Å². The fourth-order valence-electron chi connectivity index (χ4n) is 3.50.